The predicted molar refractivity (Wildman–Crippen MR) is 90.0 cm³/mol. The number of nitriles is 1. The van der Waals surface area contributed by atoms with Gasteiger partial charge in [0.2, 0.25) is 5.91 Å². The number of hydrogen-bond donors (Lipinski definition) is 1. The first-order valence-electron chi connectivity index (χ1n) is 8.04. The van der Waals surface area contributed by atoms with E-state index in [4.69, 9.17) is 0 Å². The number of nitrogens with one attached hydrogen (secondary N) is 1. The van der Waals surface area contributed by atoms with E-state index in [-0.39, 0.29) is 11.8 Å². The van der Waals surface area contributed by atoms with Crippen LogP contribution < -0.4 is 10.2 Å². The Balaban J connectivity index is 1.53. The highest BCUT2D eigenvalue weighted by Gasteiger charge is 2.26. The molecule has 0 spiro atoms. The van der Waals surface area contributed by atoms with Gasteiger partial charge in [0.05, 0.1) is 5.56 Å². The number of piperidine rings is 1. The molecule has 3 heterocycles. The topological polar surface area (TPSA) is 81.9 Å². The molecule has 122 valence electrons. The quantitative estimate of drug-likeness (QED) is 0.930. The highest BCUT2D eigenvalue weighted by atomic mass is 16.1. The number of rotatable bonds is 4. The Morgan fingerprint density at radius 2 is 2.08 bits per heavy atom. The normalized spacial score (nSPS) is 14.9. The summed E-state index contributed by atoms with van der Waals surface area (Å²) in [6, 6.07) is 9.52. The van der Waals surface area contributed by atoms with E-state index < -0.39 is 0 Å². The molecule has 2 aromatic rings. The molecule has 1 fully saturated rings. The lowest BCUT2D eigenvalue weighted by molar-refractivity contribution is -0.125. The first-order chi connectivity index (χ1) is 11.8. The zero-order chi connectivity index (χ0) is 16.8. The van der Waals surface area contributed by atoms with Crippen molar-refractivity contribution in [1.82, 2.24) is 15.3 Å². The van der Waals surface area contributed by atoms with Gasteiger partial charge in [0.15, 0.2) is 0 Å². The van der Waals surface area contributed by atoms with Crippen LogP contribution in [0, 0.1) is 17.2 Å². The van der Waals surface area contributed by atoms with Crippen LogP contribution in [-0.4, -0.2) is 29.0 Å². The number of hydrogen-bond acceptors (Lipinski definition) is 5. The van der Waals surface area contributed by atoms with Gasteiger partial charge < -0.3 is 10.2 Å². The lowest BCUT2D eigenvalue weighted by Gasteiger charge is -2.32. The third kappa shape index (κ3) is 3.69. The summed E-state index contributed by atoms with van der Waals surface area (Å²) in [7, 11) is 0. The molecule has 0 unspecified atom stereocenters. The number of carbonyl (C=O) groups excluding carboxylic acids is 1. The van der Waals surface area contributed by atoms with Gasteiger partial charge >= 0.3 is 0 Å². The number of pyridine rings is 2. The number of aromatic nitrogens is 2. The van der Waals surface area contributed by atoms with Crippen LogP contribution in [0.15, 0.2) is 42.9 Å². The lowest BCUT2D eigenvalue weighted by atomic mass is 9.95. The van der Waals surface area contributed by atoms with Crippen molar-refractivity contribution >= 4 is 11.7 Å². The van der Waals surface area contributed by atoms with Gasteiger partial charge in [-0.25, -0.2) is 4.98 Å². The van der Waals surface area contributed by atoms with E-state index in [0.29, 0.717) is 17.9 Å². The molecule has 0 bridgehead atoms. The maximum absolute atomic E-state index is 12.3. The minimum absolute atomic E-state index is 0.00664. The van der Waals surface area contributed by atoms with Gasteiger partial charge in [-0.2, -0.15) is 5.26 Å². The van der Waals surface area contributed by atoms with Crippen molar-refractivity contribution in [3.63, 3.8) is 0 Å². The Labute approximate surface area is 141 Å². The van der Waals surface area contributed by atoms with E-state index in [9.17, 15) is 10.1 Å². The van der Waals surface area contributed by atoms with Crippen molar-refractivity contribution in [2.24, 2.45) is 5.92 Å². The summed E-state index contributed by atoms with van der Waals surface area (Å²) in [4.78, 5) is 22.8. The molecule has 6 heteroatoms. The van der Waals surface area contributed by atoms with Gasteiger partial charge in [-0.1, -0.05) is 6.07 Å². The number of amides is 1. The molecule has 1 amide bonds. The van der Waals surface area contributed by atoms with Crippen LogP contribution in [0.2, 0.25) is 0 Å². The van der Waals surface area contributed by atoms with Crippen LogP contribution in [0.3, 0.4) is 0 Å². The van der Waals surface area contributed by atoms with Crippen molar-refractivity contribution in [1.29, 1.82) is 5.26 Å². The molecular formula is C18H19N5O. The third-order valence-corrected chi connectivity index (χ3v) is 4.26. The largest absolute Gasteiger partial charge is 0.355 e. The average Bonchev–Trinajstić information content (AvgIpc) is 2.67. The SMILES string of the molecule is N#Cc1cccnc1N1CCC(C(=O)NCc2cccnc2)CC1. The third-order valence-electron chi connectivity index (χ3n) is 4.26. The van der Waals surface area contributed by atoms with Gasteiger partial charge in [-0.05, 0) is 36.6 Å². The molecule has 1 saturated heterocycles. The molecule has 24 heavy (non-hydrogen) atoms. The number of nitrogens with zero attached hydrogens (tertiary/aromatic N) is 4. The summed E-state index contributed by atoms with van der Waals surface area (Å²) in [6.45, 7) is 1.97. The molecular weight excluding hydrogens is 302 g/mol. The van der Waals surface area contributed by atoms with Crippen molar-refractivity contribution in [3.05, 3.63) is 54.0 Å². The molecule has 0 atom stereocenters. The summed E-state index contributed by atoms with van der Waals surface area (Å²) < 4.78 is 0. The van der Waals surface area contributed by atoms with E-state index >= 15 is 0 Å². The van der Waals surface area contributed by atoms with Crippen LogP contribution in [0.4, 0.5) is 5.82 Å². The van der Waals surface area contributed by atoms with Crippen molar-refractivity contribution < 1.29 is 4.79 Å². The van der Waals surface area contributed by atoms with E-state index in [1.807, 2.05) is 12.1 Å². The zero-order valence-corrected chi connectivity index (χ0v) is 13.4. The van der Waals surface area contributed by atoms with Crippen LogP contribution in [0.5, 0.6) is 0 Å². The summed E-state index contributed by atoms with van der Waals surface area (Å²) in [5, 5.41) is 12.2. The van der Waals surface area contributed by atoms with E-state index in [1.54, 1.807) is 30.7 Å². The molecule has 2 aromatic heterocycles. The van der Waals surface area contributed by atoms with Gasteiger partial charge in [-0.15, -0.1) is 0 Å². The minimum Gasteiger partial charge on any atom is -0.355 e. The van der Waals surface area contributed by atoms with Gasteiger partial charge in [0.25, 0.3) is 0 Å². The van der Waals surface area contributed by atoms with Crippen LogP contribution in [-0.2, 0) is 11.3 Å². The van der Waals surface area contributed by atoms with Gasteiger partial charge in [-0.3, -0.25) is 9.78 Å². The molecule has 0 saturated carbocycles. The fourth-order valence-corrected chi connectivity index (χ4v) is 2.93. The molecule has 1 aliphatic heterocycles. The fourth-order valence-electron chi connectivity index (χ4n) is 2.93. The molecule has 0 radical (unpaired) electrons. The standard InChI is InChI=1S/C18H19N5O/c19-11-16-4-2-8-21-17(16)23-9-5-15(6-10-23)18(24)22-13-14-3-1-7-20-12-14/h1-4,7-8,12,15H,5-6,9-10,13H2,(H,22,24). The molecule has 1 N–H and O–H groups in total. The zero-order valence-electron chi connectivity index (χ0n) is 13.4. The van der Waals surface area contributed by atoms with Crippen LogP contribution >= 0.6 is 0 Å². The molecule has 6 nitrogen and oxygen atoms in total. The first-order valence-corrected chi connectivity index (χ1v) is 8.04. The second kappa shape index (κ2) is 7.55. The highest BCUT2D eigenvalue weighted by molar-refractivity contribution is 5.79. The smallest absolute Gasteiger partial charge is 0.223 e. The maximum atomic E-state index is 12.3. The van der Waals surface area contributed by atoms with E-state index in [1.165, 1.54) is 0 Å². The first kappa shape index (κ1) is 15.9. The second-order valence-electron chi connectivity index (χ2n) is 5.83. The van der Waals surface area contributed by atoms with E-state index in [0.717, 1.165) is 31.5 Å². The summed E-state index contributed by atoms with van der Waals surface area (Å²) in [5.41, 5.74) is 1.58. The average molecular weight is 321 g/mol. The lowest BCUT2D eigenvalue weighted by Crippen LogP contribution is -2.41. The number of carbonyl (C=O) groups is 1. The fraction of sp³-hybridized carbons (Fsp3) is 0.333. The van der Waals surface area contributed by atoms with Crippen molar-refractivity contribution in [3.8, 4) is 6.07 Å². The predicted octanol–water partition coefficient (Wildman–Crippen LogP) is 1.88. The minimum atomic E-state index is 0.00664. The van der Waals surface area contributed by atoms with Crippen molar-refractivity contribution in [2.45, 2.75) is 19.4 Å². The van der Waals surface area contributed by atoms with Crippen LogP contribution in [0.1, 0.15) is 24.0 Å². The summed E-state index contributed by atoms with van der Waals surface area (Å²) in [6.07, 6.45) is 6.70. The van der Waals surface area contributed by atoms with E-state index in [2.05, 4.69) is 26.3 Å². The van der Waals surface area contributed by atoms with Gasteiger partial charge in [0, 0.05) is 44.1 Å². The molecule has 0 aromatic carbocycles. The monoisotopic (exact) mass is 321 g/mol. The molecule has 0 aliphatic carbocycles. The van der Waals surface area contributed by atoms with Crippen molar-refractivity contribution in [2.75, 3.05) is 18.0 Å². The maximum Gasteiger partial charge on any atom is 0.223 e. The van der Waals surface area contributed by atoms with Crippen LogP contribution in [0.25, 0.3) is 0 Å². The summed E-state index contributed by atoms with van der Waals surface area (Å²) >= 11 is 0. The Hall–Kier alpha value is -2.94. The Morgan fingerprint density at radius 3 is 2.79 bits per heavy atom. The number of anilines is 1. The molecule has 1 aliphatic rings. The Morgan fingerprint density at radius 1 is 1.29 bits per heavy atom. The Kier molecular flexibility index (Phi) is 5.02. The molecule has 3 rings (SSSR count). The Bertz CT molecular complexity index is 733. The summed E-state index contributed by atoms with van der Waals surface area (Å²) in [5.74, 6) is 0.807. The second-order valence-corrected chi connectivity index (χ2v) is 5.83. The van der Waals surface area contributed by atoms with Gasteiger partial charge in [0.1, 0.15) is 11.9 Å². The highest BCUT2D eigenvalue weighted by Crippen LogP contribution is 2.24.